The molecule has 1 aromatic heterocycles. The average molecular weight is 225 g/mol. The molecular formula is C10H11NO3S. The van der Waals surface area contributed by atoms with E-state index in [1.54, 1.807) is 6.08 Å². The van der Waals surface area contributed by atoms with Crippen molar-refractivity contribution in [3.8, 4) is 0 Å². The van der Waals surface area contributed by atoms with Crippen LogP contribution in [-0.4, -0.2) is 25.5 Å². The van der Waals surface area contributed by atoms with E-state index in [-0.39, 0.29) is 12.5 Å². The van der Waals surface area contributed by atoms with E-state index < -0.39 is 5.97 Å². The first-order valence-electron chi connectivity index (χ1n) is 4.31. The van der Waals surface area contributed by atoms with E-state index >= 15 is 0 Å². The Morgan fingerprint density at radius 1 is 1.60 bits per heavy atom. The maximum atomic E-state index is 11.1. The second-order valence-electron chi connectivity index (χ2n) is 2.63. The fourth-order valence-corrected chi connectivity index (χ4v) is 1.41. The molecule has 5 heteroatoms. The van der Waals surface area contributed by atoms with Gasteiger partial charge in [-0.15, -0.1) is 11.3 Å². The second-order valence-corrected chi connectivity index (χ2v) is 3.61. The van der Waals surface area contributed by atoms with Crippen LogP contribution in [0.25, 0.3) is 6.08 Å². The lowest BCUT2D eigenvalue weighted by atomic mass is 10.4. The van der Waals surface area contributed by atoms with Gasteiger partial charge in [-0.3, -0.25) is 4.79 Å². The van der Waals surface area contributed by atoms with Crippen LogP contribution in [0.15, 0.2) is 23.6 Å². The average Bonchev–Trinajstić information content (AvgIpc) is 2.75. The first-order valence-corrected chi connectivity index (χ1v) is 5.19. The minimum absolute atomic E-state index is 0.246. The van der Waals surface area contributed by atoms with Crippen LogP contribution < -0.4 is 5.32 Å². The third-order valence-electron chi connectivity index (χ3n) is 1.55. The first kappa shape index (κ1) is 11.5. The Morgan fingerprint density at radius 3 is 3.00 bits per heavy atom. The summed E-state index contributed by atoms with van der Waals surface area (Å²) in [5.41, 5.74) is 0. The van der Waals surface area contributed by atoms with Gasteiger partial charge >= 0.3 is 5.97 Å². The van der Waals surface area contributed by atoms with Crippen LogP contribution in [0.4, 0.5) is 0 Å². The van der Waals surface area contributed by atoms with Gasteiger partial charge in [0.15, 0.2) is 6.61 Å². The molecule has 0 atom stereocenters. The van der Waals surface area contributed by atoms with Gasteiger partial charge in [0.25, 0.3) is 5.91 Å². The van der Waals surface area contributed by atoms with Crippen molar-refractivity contribution in [1.29, 1.82) is 0 Å². The molecular weight excluding hydrogens is 214 g/mol. The van der Waals surface area contributed by atoms with Crippen molar-refractivity contribution in [1.82, 2.24) is 5.32 Å². The van der Waals surface area contributed by atoms with E-state index in [2.05, 4.69) is 10.1 Å². The summed E-state index contributed by atoms with van der Waals surface area (Å²) in [6, 6.07) is 3.77. The molecule has 0 bridgehead atoms. The number of hydrogen-bond acceptors (Lipinski definition) is 4. The number of hydrogen-bond donors (Lipinski definition) is 1. The van der Waals surface area contributed by atoms with E-state index in [1.165, 1.54) is 24.5 Å². The van der Waals surface area contributed by atoms with Crippen LogP contribution >= 0.6 is 11.3 Å². The lowest BCUT2D eigenvalue weighted by Gasteiger charge is -1.99. The Labute approximate surface area is 91.6 Å². The molecule has 0 spiro atoms. The molecule has 0 saturated carbocycles. The van der Waals surface area contributed by atoms with Crippen molar-refractivity contribution in [2.24, 2.45) is 0 Å². The molecule has 4 nitrogen and oxygen atoms in total. The van der Waals surface area contributed by atoms with Crippen molar-refractivity contribution in [2.75, 3.05) is 13.7 Å². The highest BCUT2D eigenvalue weighted by Gasteiger charge is 2.01. The number of carbonyl (C=O) groups is 2. The van der Waals surface area contributed by atoms with Crippen LogP contribution in [-0.2, 0) is 14.3 Å². The summed E-state index contributed by atoms with van der Waals surface area (Å²) in [7, 11) is 1.48. The molecule has 0 radical (unpaired) electrons. The molecule has 1 rings (SSSR count). The van der Waals surface area contributed by atoms with Gasteiger partial charge in [0.05, 0.1) is 0 Å². The van der Waals surface area contributed by atoms with Gasteiger partial charge in [0.1, 0.15) is 0 Å². The maximum absolute atomic E-state index is 11.1. The van der Waals surface area contributed by atoms with Crippen LogP contribution in [0.2, 0.25) is 0 Å². The molecule has 1 aromatic rings. The van der Waals surface area contributed by atoms with Gasteiger partial charge in [0.2, 0.25) is 0 Å². The highest BCUT2D eigenvalue weighted by molar-refractivity contribution is 7.10. The standard InChI is InChI=1S/C10H11NO3S/c1-11-9(12)7-14-10(13)5-4-8-3-2-6-15-8/h2-6H,7H2,1H3,(H,11,12)/b5-4+. The zero-order chi connectivity index (χ0) is 11.1. The molecule has 0 aliphatic heterocycles. The third-order valence-corrected chi connectivity index (χ3v) is 2.39. The minimum atomic E-state index is -0.521. The van der Waals surface area contributed by atoms with Gasteiger partial charge in [-0.05, 0) is 17.5 Å². The van der Waals surface area contributed by atoms with Crippen LogP contribution in [0.1, 0.15) is 4.88 Å². The fourth-order valence-electron chi connectivity index (χ4n) is 0.793. The molecule has 1 N–H and O–H groups in total. The van der Waals surface area contributed by atoms with Crippen molar-refractivity contribution in [3.63, 3.8) is 0 Å². The molecule has 15 heavy (non-hydrogen) atoms. The SMILES string of the molecule is CNC(=O)COC(=O)/C=C/c1cccs1. The number of nitrogens with one attached hydrogen (secondary N) is 1. The van der Waals surface area contributed by atoms with Crippen molar-refractivity contribution in [3.05, 3.63) is 28.5 Å². The summed E-state index contributed by atoms with van der Waals surface area (Å²) in [5.74, 6) is -0.847. The Bertz CT molecular complexity index is 357. The number of carbonyl (C=O) groups excluding carboxylic acids is 2. The molecule has 0 unspecified atom stereocenters. The Balaban J connectivity index is 2.33. The molecule has 0 fully saturated rings. The predicted octanol–water partition coefficient (Wildman–Crippen LogP) is 1.05. The zero-order valence-corrected chi connectivity index (χ0v) is 9.04. The summed E-state index contributed by atoms with van der Waals surface area (Å²) < 4.78 is 4.66. The first-order chi connectivity index (χ1) is 7.22. The maximum Gasteiger partial charge on any atom is 0.331 e. The van der Waals surface area contributed by atoms with Gasteiger partial charge in [-0.2, -0.15) is 0 Å². The predicted molar refractivity (Wildman–Crippen MR) is 58.4 cm³/mol. The fraction of sp³-hybridized carbons (Fsp3) is 0.200. The number of rotatable bonds is 4. The molecule has 0 saturated heterocycles. The molecule has 1 heterocycles. The lowest BCUT2D eigenvalue weighted by Crippen LogP contribution is -2.24. The normalized spacial score (nSPS) is 10.2. The van der Waals surface area contributed by atoms with Gasteiger partial charge in [-0.25, -0.2) is 4.79 Å². The van der Waals surface area contributed by atoms with Gasteiger partial charge in [-0.1, -0.05) is 6.07 Å². The lowest BCUT2D eigenvalue weighted by molar-refractivity contribution is -0.143. The highest BCUT2D eigenvalue weighted by atomic mass is 32.1. The van der Waals surface area contributed by atoms with Gasteiger partial charge < -0.3 is 10.1 Å². The Morgan fingerprint density at radius 2 is 2.40 bits per heavy atom. The third kappa shape index (κ3) is 4.42. The highest BCUT2D eigenvalue weighted by Crippen LogP contribution is 2.09. The van der Waals surface area contributed by atoms with Crippen LogP contribution in [0.5, 0.6) is 0 Å². The van der Waals surface area contributed by atoms with Crippen LogP contribution in [0, 0.1) is 0 Å². The number of thiophene rings is 1. The van der Waals surface area contributed by atoms with Gasteiger partial charge in [0, 0.05) is 18.0 Å². The Hall–Kier alpha value is -1.62. The number of amides is 1. The summed E-state index contributed by atoms with van der Waals surface area (Å²) in [6.45, 7) is -0.246. The molecule has 0 aliphatic rings. The van der Waals surface area contributed by atoms with E-state index in [4.69, 9.17) is 0 Å². The van der Waals surface area contributed by atoms with Crippen molar-refractivity contribution < 1.29 is 14.3 Å². The van der Waals surface area contributed by atoms with E-state index in [0.29, 0.717) is 0 Å². The number of likely N-dealkylation sites (N-methyl/N-ethyl adjacent to an activating group) is 1. The van der Waals surface area contributed by atoms with Crippen molar-refractivity contribution in [2.45, 2.75) is 0 Å². The molecule has 0 aliphatic carbocycles. The second kappa shape index (κ2) is 5.98. The largest absolute Gasteiger partial charge is 0.452 e. The molecule has 80 valence electrons. The van der Waals surface area contributed by atoms with Crippen LogP contribution in [0.3, 0.4) is 0 Å². The van der Waals surface area contributed by atoms with E-state index in [9.17, 15) is 9.59 Å². The molecule has 1 amide bonds. The van der Waals surface area contributed by atoms with E-state index in [0.717, 1.165) is 4.88 Å². The quantitative estimate of drug-likeness (QED) is 0.615. The monoisotopic (exact) mass is 225 g/mol. The smallest absolute Gasteiger partial charge is 0.331 e. The summed E-state index contributed by atoms with van der Waals surface area (Å²) in [5, 5.41) is 4.26. The van der Waals surface area contributed by atoms with E-state index in [1.807, 2.05) is 17.5 Å². The summed E-state index contributed by atoms with van der Waals surface area (Å²) >= 11 is 1.52. The summed E-state index contributed by atoms with van der Waals surface area (Å²) in [6.07, 6.45) is 2.95. The Kier molecular flexibility index (Phi) is 4.56. The minimum Gasteiger partial charge on any atom is -0.452 e. The molecule has 0 aromatic carbocycles. The summed E-state index contributed by atoms with van der Waals surface area (Å²) in [4.78, 5) is 22.8. The zero-order valence-electron chi connectivity index (χ0n) is 8.23. The van der Waals surface area contributed by atoms with Crippen molar-refractivity contribution >= 4 is 29.3 Å². The number of ether oxygens (including phenoxy) is 1. The number of esters is 1. The topological polar surface area (TPSA) is 55.4 Å².